The van der Waals surface area contributed by atoms with Gasteiger partial charge in [0.2, 0.25) is 0 Å². The molecule has 3 heteroatoms. The highest BCUT2D eigenvalue weighted by Crippen LogP contribution is 2.45. The molecule has 4 aromatic rings. The van der Waals surface area contributed by atoms with Crippen molar-refractivity contribution in [2.75, 3.05) is 6.61 Å². The molecule has 134 valence electrons. The van der Waals surface area contributed by atoms with Gasteiger partial charge in [0.15, 0.2) is 0 Å². The smallest absolute Gasteiger partial charge is 0.0925 e. The van der Waals surface area contributed by atoms with Gasteiger partial charge in [-0.3, -0.25) is 0 Å². The van der Waals surface area contributed by atoms with Crippen molar-refractivity contribution in [1.82, 2.24) is 9.97 Å². The summed E-state index contributed by atoms with van der Waals surface area (Å²) in [5, 5.41) is 9.59. The van der Waals surface area contributed by atoms with Crippen LogP contribution in [0.5, 0.6) is 0 Å². The van der Waals surface area contributed by atoms with Crippen LogP contribution in [0.25, 0.3) is 0 Å². The fourth-order valence-electron chi connectivity index (χ4n) is 3.92. The first-order valence-corrected chi connectivity index (χ1v) is 9.17. The number of hydrogen-bond donors (Lipinski definition) is 2. The van der Waals surface area contributed by atoms with Crippen molar-refractivity contribution in [1.29, 1.82) is 0 Å². The Morgan fingerprint density at radius 3 is 1.56 bits per heavy atom. The molecule has 0 spiro atoms. The standard InChI is InChI=1S/C24H22N2O/c27-17-16-22-23(26-18-25-22)24(19-10-4-1-5-11-19,20-12-6-2-7-13-20)21-14-8-3-9-15-21/h1-15,18,27H,16-17H2,(H,25,26). The summed E-state index contributed by atoms with van der Waals surface area (Å²) in [6, 6.07) is 31.4. The van der Waals surface area contributed by atoms with E-state index < -0.39 is 5.41 Å². The summed E-state index contributed by atoms with van der Waals surface area (Å²) >= 11 is 0. The third kappa shape index (κ3) is 2.96. The summed E-state index contributed by atoms with van der Waals surface area (Å²) in [6.07, 6.45) is 2.26. The fourth-order valence-corrected chi connectivity index (χ4v) is 3.92. The second kappa shape index (κ2) is 7.60. The molecule has 0 fully saturated rings. The van der Waals surface area contributed by atoms with Gasteiger partial charge in [0.05, 0.1) is 17.4 Å². The van der Waals surface area contributed by atoms with Crippen molar-refractivity contribution in [3.63, 3.8) is 0 Å². The molecule has 0 aliphatic rings. The molecule has 27 heavy (non-hydrogen) atoms. The first-order chi connectivity index (χ1) is 13.4. The third-order valence-corrected chi connectivity index (χ3v) is 5.06. The lowest BCUT2D eigenvalue weighted by Crippen LogP contribution is -2.32. The molecule has 3 aromatic carbocycles. The topological polar surface area (TPSA) is 48.9 Å². The van der Waals surface area contributed by atoms with Gasteiger partial charge in [0.1, 0.15) is 0 Å². The van der Waals surface area contributed by atoms with Crippen molar-refractivity contribution in [2.45, 2.75) is 11.8 Å². The van der Waals surface area contributed by atoms with Gasteiger partial charge in [-0.25, -0.2) is 4.98 Å². The molecule has 1 heterocycles. The van der Waals surface area contributed by atoms with E-state index in [2.05, 4.69) is 77.8 Å². The lowest BCUT2D eigenvalue weighted by Gasteiger charge is -2.35. The number of nitrogens with zero attached hydrogens (tertiary/aromatic N) is 1. The molecule has 0 aliphatic heterocycles. The van der Waals surface area contributed by atoms with Crippen LogP contribution in [0.15, 0.2) is 97.3 Å². The van der Waals surface area contributed by atoms with E-state index in [1.807, 2.05) is 18.2 Å². The summed E-state index contributed by atoms with van der Waals surface area (Å²) < 4.78 is 0. The molecule has 2 N–H and O–H groups in total. The molecule has 0 amide bonds. The largest absolute Gasteiger partial charge is 0.396 e. The first-order valence-electron chi connectivity index (χ1n) is 9.17. The van der Waals surface area contributed by atoms with Crippen LogP contribution in [0.2, 0.25) is 0 Å². The third-order valence-electron chi connectivity index (χ3n) is 5.06. The van der Waals surface area contributed by atoms with Crippen LogP contribution in [-0.2, 0) is 11.8 Å². The van der Waals surface area contributed by atoms with Gasteiger partial charge in [-0.05, 0) is 16.7 Å². The average Bonchev–Trinajstić information content (AvgIpc) is 3.20. The summed E-state index contributed by atoms with van der Waals surface area (Å²) in [5.41, 5.74) is 4.76. The summed E-state index contributed by atoms with van der Waals surface area (Å²) in [5.74, 6) is 0. The maximum atomic E-state index is 9.59. The normalized spacial score (nSPS) is 11.4. The number of aliphatic hydroxyl groups excluding tert-OH is 1. The molecule has 3 nitrogen and oxygen atoms in total. The molecule has 4 rings (SSSR count). The molecular weight excluding hydrogens is 332 g/mol. The number of H-pyrrole nitrogens is 1. The molecule has 0 bridgehead atoms. The Labute approximate surface area is 159 Å². The van der Waals surface area contributed by atoms with Crippen molar-refractivity contribution in [3.05, 3.63) is 125 Å². The van der Waals surface area contributed by atoms with Gasteiger partial charge in [-0.15, -0.1) is 0 Å². The predicted molar refractivity (Wildman–Crippen MR) is 108 cm³/mol. The zero-order chi connectivity index (χ0) is 18.5. The molecular formula is C24H22N2O. The Hall–Kier alpha value is -3.17. The molecule has 0 atom stereocenters. The monoisotopic (exact) mass is 354 g/mol. The molecule has 1 aromatic heterocycles. The maximum absolute atomic E-state index is 9.59. The van der Waals surface area contributed by atoms with Crippen LogP contribution >= 0.6 is 0 Å². The molecule has 0 unspecified atom stereocenters. The zero-order valence-electron chi connectivity index (χ0n) is 15.0. The average molecular weight is 354 g/mol. The van der Waals surface area contributed by atoms with Crippen molar-refractivity contribution in [2.24, 2.45) is 0 Å². The molecule has 0 radical (unpaired) electrons. The van der Waals surface area contributed by atoms with Crippen molar-refractivity contribution >= 4 is 0 Å². The summed E-state index contributed by atoms with van der Waals surface area (Å²) in [4.78, 5) is 8.02. The Morgan fingerprint density at radius 1 is 0.704 bits per heavy atom. The highest BCUT2D eigenvalue weighted by molar-refractivity contribution is 5.58. The van der Waals surface area contributed by atoms with Gasteiger partial charge < -0.3 is 10.1 Å². The van der Waals surface area contributed by atoms with Crippen LogP contribution in [0, 0.1) is 0 Å². The number of imidazole rings is 1. The van der Waals surface area contributed by atoms with E-state index in [-0.39, 0.29) is 6.61 Å². The minimum atomic E-state index is -0.561. The van der Waals surface area contributed by atoms with E-state index >= 15 is 0 Å². The van der Waals surface area contributed by atoms with E-state index in [1.54, 1.807) is 6.33 Å². The highest BCUT2D eigenvalue weighted by Gasteiger charge is 2.41. The fraction of sp³-hybridized carbons (Fsp3) is 0.125. The lowest BCUT2D eigenvalue weighted by atomic mass is 9.66. The lowest BCUT2D eigenvalue weighted by molar-refractivity contribution is 0.297. The Bertz CT molecular complexity index is 882. The predicted octanol–water partition coefficient (Wildman–Crippen LogP) is 4.33. The van der Waals surface area contributed by atoms with Crippen LogP contribution in [0.3, 0.4) is 0 Å². The highest BCUT2D eigenvalue weighted by atomic mass is 16.3. The Morgan fingerprint density at radius 2 is 1.15 bits per heavy atom. The quantitative estimate of drug-likeness (QED) is 0.507. The second-order valence-corrected chi connectivity index (χ2v) is 6.55. The van der Waals surface area contributed by atoms with E-state index in [0.717, 1.165) is 28.1 Å². The number of hydrogen-bond acceptors (Lipinski definition) is 2. The summed E-state index contributed by atoms with van der Waals surface area (Å²) in [6.45, 7) is 0.0731. The van der Waals surface area contributed by atoms with Crippen LogP contribution < -0.4 is 0 Å². The van der Waals surface area contributed by atoms with Crippen molar-refractivity contribution < 1.29 is 5.11 Å². The second-order valence-electron chi connectivity index (χ2n) is 6.55. The Balaban J connectivity index is 2.12. The SMILES string of the molecule is OCCc1[nH]cnc1C(c1ccccc1)(c1ccccc1)c1ccccc1. The minimum Gasteiger partial charge on any atom is -0.396 e. The van der Waals surface area contributed by atoms with E-state index in [1.165, 1.54) is 0 Å². The minimum absolute atomic E-state index is 0.0731. The number of nitrogens with one attached hydrogen (secondary N) is 1. The number of aromatic nitrogens is 2. The van der Waals surface area contributed by atoms with E-state index in [0.29, 0.717) is 6.42 Å². The number of rotatable bonds is 6. The summed E-state index contributed by atoms with van der Waals surface area (Å²) in [7, 11) is 0. The van der Waals surface area contributed by atoms with Crippen LogP contribution in [0.4, 0.5) is 0 Å². The van der Waals surface area contributed by atoms with Gasteiger partial charge >= 0.3 is 0 Å². The van der Waals surface area contributed by atoms with E-state index in [9.17, 15) is 5.11 Å². The number of aromatic amines is 1. The Kier molecular flexibility index (Phi) is 4.86. The van der Waals surface area contributed by atoms with Crippen LogP contribution in [-0.4, -0.2) is 21.7 Å². The molecule has 0 saturated carbocycles. The zero-order valence-corrected chi connectivity index (χ0v) is 15.0. The molecule has 0 aliphatic carbocycles. The van der Waals surface area contributed by atoms with Crippen molar-refractivity contribution in [3.8, 4) is 0 Å². The van der Waals surface area contributed by atoms with E-state index in [4.69, 9.17) is 4.98 Å². The van der Waals surface area contributed by atoms with Gasteiger partial charge in [-0.2, -0.15) is 0 Å². The number of benzene rings is 3. The number of aliphatic hydroxyl groups is 1. The van der Waals surface area contributed by atoms with Gasteiger partial charge in [-0.1, -0.05) is 91.0 Å². The van der Waals surface area contributed by atoms with Crippen LogP contribution in [0.1, 0.15) is 28.1 Å². The van der Waals surface area contributed by atoms with Gasteiger partial charge in [0, 0.05) is 18.7 Å². The molecule has 0 saturated heterocycles. The maximum Gasteiger partial charge on any atom is 0.0925 e. The first kappa shape index (κ1) is 17.3. The van der Waals surface area contributed by atoms with Gasteiger partial charge in [0.25, 0.3) is 0 Å².